The lowest BCUT2D eigenvalue weighted by Crippen LogP contribution is -2.04. The molecule has 0 amide bonds. The summed E-state index contributed by atoms with van der Waals surface area (Å²) in [5, 5.41) is 8.19. The van der Waals surface area contributed by atoms with Crippen molar-refractivity contribution in [3.05, 3.63) is 80.3 Å². The molecule has 5 nitrogen and oxygen atoms in total. The molecule has 0 saturated carbocycles. The third-order valence-corrected chi connectivity index (χ3v) is 6.02. The van der Waals surface area contributed by atoms with Gasteiger partial charge in [-0.3, -0.25) is 4.79 Å². The van der Waals surface area contributed by atoms with Crippen LogP contribution >= 0.6 is 46.4 Å². The van der Waals surface area contributed by atoms with Crippen molar-refractivity contribution in [3.8, 4) is 0 Å². The predicted octanol–water partition coefficient (Wildman–Crippen LogP) is 7.86. The zero-order chi connectivity index (χ0) is 22.8. The van der Waals surface area contributed by atoms with E-state index in [4.69, 9.17) is 56.4 Å². The van der Waals surface area contributed by atoms with Gasteiger partial charge in [0.25, 0.3) is 0 Å². The molecule has 4 rings (SSSR count). The topological polar surface area (TPSA) is 66.9 Å². The summed E-state index contributed by atoms with van der Waals surface area (Å²) in [6, 6.07) is 15.9. The molecule has 0 bridgehead atoms. The standard InChI is InChI=1S/C23H16Cl4N4O/c1-12(32)8-13-2-7-20-21(9-13)31-23(29-15-4-6-17(25)19(27)11-15)22(30-20)28-14-3-5-16(24)18(26)10-14/h2-7,9-11H,8H2,1H3,(H,28,30)(H,29,31). The van der Waals surface area contributed by atoms with Crippen molar-refractivity contribution < 1.29 is 4.79 Å². The molecule has 0 saturated heterocycles. The summed E-state index contributed by atoms with van der Waals surface area (Å²) < 4.78 is 0. The molecule has 32 heavy (non-hydrogen) atoms. The lowest BCUT2D eigenvalue weighted by molar-refractivity contribution is -0.116. The second-order valence-corrected chi connectivity index (χ2v) is 8.76. The van der Waals surface area contributed by atoms with Crippen molar-refractivity contribution in [2.24, 2.45) is 0 Å². The highest BCUT2D eigenvalue weighted by Gasteiger charge is 2.13. The molecule has 4 aromatic rings. The summed E-state index contributed by atoms with van der Waals surface area (Å²) in [4.78, 5) is 21.0. The van der Waals surface area contributed by atoms with E-state index >= 15 is 0 Å². The van der Waals surface area contributed by atoms with Crippen molar-refractivity contribution in [2.75, 3.05) is 10.6 Å². The highest BCUT2D eigenvalue weighted by Crippen LogP contribution is 2.32. The number of carbonyl (C=O) groups excluding carboxylic acids is 1. The second kappa shape index (κ2) is 9.51. The SMILES string of the molecule is CC(=O)Cc1ccc2nc(Nc3ccc(Cl)c(Cl)c3)c(Nc3ccc(Cl)c(Cl)c3)nc2c1. The van der Waals surface area contributed by atoms with Crippen molar-refractivity contribution in [3.63, 3.8) is 0 Å². The van der Waals surface area contributed by atoms with Gasteiger partial charge in [0.1, 0.15) is 5.78 Å². The number of carbonyl (C=O) groups is 1. The second-order valence-electron chi connectivity index (χ2n) is 7.13. The number of fused-ring (bicyclic) bond motifs is 1. The third kappa shape index (κ3) is 5.25. The minimum atomic E-state index is 0.0735. The lowest BCUT2D eigenvalue weighted by Gasteiger charge is -2.15. The van der Waals surface area contributed by atoms with E-state index in [0.717, 1.165) is 5.56 Å². The molecule has 2 N–H and O–H groups in total. The number of anilines is 4. The molecule has 0 radical (unpaired) electrons. The van der Waals surface area contributed by atoms with E-state index in [-0.39, 0.29) is 5.78 Å². The summed E-state index contributed by atoms with van der Waals surface area (Å²) in [6.45, 7) is 1.55. The molecule has 0 spiro atoms. The smallest absolute Gasteiger partial charge is 0.174 e. The largest absolute Gasteiger partial charge is 0.337 e. The third-order valence-electron chi connectivity index (χ3n) is 4.55. The average Bonchev–Trinajstić information content (AvgIpc) is 2.73. The number of ketones is 1. The first-order chi connectivity index (χ1) is 15.3. The van der Waals surface area contributed by atoms with Gasteiger partial charge >= 0.3 is 0 Å². The molecule has 162 valence electrons. The van der Waals surface area contributed by atoms with Crippen LogP contribution in [0.3, 0.4) is 0 Å². The lowest BCUT2D eigenvalue weighted by atomic mass is 10.1. The first kappa shape index (κ1) is 22.6. The number of rotatable bonds is 6. The molecular weight excluding hydrogens is 490 g/mol. The van der Waals surface area contributed by atoms with E-state index in [9.17, 15) is 4.79 Å². The molecule has 0 aliphatic carbocycles. The Morgan fingerprint density at radius 3 is 1.75 bits per heavy atom. The summed E-state index contributed by atoms with van der Waals surface area (Å²) >= 11 is 24.4. The molecule has 1 aromatic heterocycles. The van der Waals surface area contributed by atoms with Crippen LogP contribution in [0.15, 0.2) is 54.6 Å². The van der Waals surface area contributed by atoms with Crippen LogP contribution in [-0.2, 0) is 11.2 Å². The number of Topliss-reactive ketones (excluding diaryl/α,β-unsaturated/α-hetero) is 1. The van der Waals surface area contributed by atoms with Gasteiger partial charge in [-0.2, -0.15) is 0 Å². The van der Waals surface area contributed by atoms with Gasteiger partial charge < -0.3 is 10.6 Å². The Balaban J connectivity index is 1.79. The van der Waals surface area contributed by atoms with Gasteiger partial charge in [0, 0.05) is 17.8 Å². The fourth-order valence-corrected chi connectivity index (χ4v) is 3.69. The highest BCUT2D eigenvalue weighted by molar-refractivity contribution is 6.42. The Labute approximate surface area is 204 Å². The van der Waals surface area contributed by atoms with Gasteiger partial charge in [-0.05, 0) is 61.0 Å². The van der Waals surface area contributed by atoms with Gasteiger partial charge in [-0.1, -0.05) is 52.5 Å². The quantitative estimate of drug-likeness (QED) is 0.279. The van der Waals surface area contributed by atoms with Crippen LogP contribution in [0.25, 0.3) is 11.0 Å². The molecule has 0 aliphatic rings. The minimum absolute atomic E-state index is 0.0735. The Hall–Kier alpha value is -2.57. The summed E-state index contributed by atoms with van der Waals surface area (Å²) in [6.07, 6.45) is 0.330. The van der Waals surface area contributed by atoms with E-state index in [1.165, 1.54) is 0 Å². The Kier molecular flexibility index (Phi) is 6.72. The Morgan fingerprint density at radius 1 is 0.719 bits per heavy atom. The van der Waals surface area contributed by atoms with E-state index in [2.05, 4.69) is 10.6 Å². The van der Waals surface area contributed by atoms with Crippen LogP contribution in [-0.4, -0.2) is 15.8 Å². The zero-order valence-corrected chi connectivity index (χ0v) is 19.7. The fourth-order valence-electron chi connectivity index (χ4n) is 3.09. The van der Waals surface area contributed by atoms with Gasteiger partial charge in [0.2, 0.25) is 0 Å². The van der Waals surface area contributed by atoms with Crippen LogP contribution in [0.2, 0.25) is 20.1 Å². The molecule has 1 heterocycles. The number of nitrogens with one attached hydrogen (secondary N) is 2. The zero-order valence-electron chi connectivity index (χ0n) is 16.7. The maximum Gasteiger partial charge on any atom is 0.174 e. The fraction of sp³-hybridized carbons (Fsp3) is 0.0870. The molecule has 0 aliphatic heterocycles. The molecule has 3 aromatic carbocycles. The molecule has 0 fully saturated rings. The van der Waals surface area contributed by atoms with Crippen molar-refractivity contribution in [1.29, 1.82) is 0 Å². The molecule has 9 heteroatoms. The number of hydrogen-bond acceptors (Lipinski definition) is 5. The predicted molar refractivity (Wildman–Crippen MR) is 133 cm³/mol. The molecular formula is C23H16Cl4N4O. The number of hydrogen-bond donors (Lipinski definition) is 2. The van der Waals surface area contributed by atoms with Crippen molar-refractivity contribution in [2.45, 2.75) is 13.3 Å². The first-order valence-corrected chi connectivity index (χ1v) is 11.0. The minimum Gasteiger partial charge on any atom is -0.337 e. The first-order valence-electron chi connectivity index (χ1n) is 9.53. The maximum atomic E-state index is 11.5. The Bertz CT molecular complexity index is 1340. The Morgan fingerprint density at radius 2 is 1.25 bits per heavy atom. The van der Waals surface area contributed by atoms with Crippen LogP contribution < -0.4 is 10.6 Å². The summed E-state index contributed by atoms with van der Waals surface area (Å²) in [7, 11) is 0. The normalized spacial score (nSPS) is 10.9. The van der Waals surface area contributed by atoms with Crippen molar-refractivity contribution in [1.82, 2.24) is 9.97 Å². The summed E-state index contributed by atoms with van der Waals surface area (Å²) in [5.41, 5.74) is 3.55. The molecule has 0 atom stereocenters. The number of nitrogens with zero attached hydrogens (tertiary/aromatic N) is 2. The number of aromatic nitrogens is 2. The van der Waals surface area contributed by atoms with E-state index in [0.29, 0.717) is 60.6 Å². The van der Waals surface area contributed by atoms with E-state index < -0.39 is 0 Å². The van der Waals surface area contributed by atoms with Crippen LogP contribution in [0, 0.1) is 0 Å². The van der Waals surface area contributed by atoms with Crippen molar-refractivity contribution >= 4 is 86.2 Å². The van der Waals surface area contributed by atoms with E-state index in [1.54, 1.807) is 43.3 Å². The van der Waals surface area contributed by atoms with Gasteiger partial charge in [-0.25, -0.2) is 9.97 Å². The van der Waals surface area contributed by atoms with Gasteiger partial charge in [-0.15, -0.1) is 0 Å². The van der Waals surface area contributed by atoms with Gasteiger partial charge in [0.15, 0.2) is 11.6 Å². The highest BCUT2D eigenvalue weighted by atomic mass is 35.5. The van der Waals surface area contributed by atoms with Gasteiger partial charge in [0.05, 0.1) is 31.1 Å². The summed E-state index contributed by atoms with van der Waals surface area (Å²) in [5.74, 6) is 1.01. The van der Waals surface area contributed by atoms with Crippen LogP contribution in [0.5, 0.6) is 0 Å². The molecule has 0 unspecified atom stereocenters. The monoisotopic (exact) mass is 504 g/mol. The van der Waals surface area contributed by atoms with E-state index in [1.807, 2.05) is 18.2 Å². The maximum absolute atomic E-state index is 11.5. The number of benzene rings is 3. The average molecular weight is 506 g/mol. The van der Waals surface area contributed by atoms with Crippen LogP contribution in [0.1, 0.15) is 12.5 Å². The number of halogens is 4. The van der Waals surface area contributed by atoms with Crippen LogP contribution in [0.4, 0.5) is 23.0 Å².